The third kappa shape index (κ3) is 1.87. The quantitative estimate of drug-likeness (QED) is 0.811. The molecule has 1 aliphatic rings. The predicted octanol–water partition coefficient (Wildman–Crippen LogP) is 3.32. The number of nitriles is 2. The van der Waals surface area contributed by atoms with Gasteiger partial charge in [0.05, 0.1) is 18.7 Å². The molecule has 4 heteroatoms. The Kier molecular flexibility index (Phi) is 3.83. The van der Waals surface area contributed by atoms with Crippen molar-refractivity contribution in [1.82, 2.24) is 0 Å². The molecular formula is C20H16N2O2. The van der Waals surface area contributed by atoms with E-state index in [2.05, 4.69) is 12.1 Å². The van der Waals surface area contributed by atoms with E-state index in [4.69, 9.17) is 4.74 Å². The average Bonchev–Trinajstić information content (AvgIpc) is 3.28. The second-order valence-corrected chi connectivity index (χ2v) is 5.77. The van der Waals surface area contributed by atoms with Gasteiger partial charge in [-0.1, -0.05) is 60.7 Å². The van der Waals surface area contributed by atoms with Crippen LogP contribution in [0.25, 0.3) is 0 Å². The molecule has 0 N–H and O–H groups in total. The Morgan fingerprint density at radius 3 is 2.12 bits per heavy atom. The van der Waals surface area contributed by atoms with Crippen molar-refractivity contribution in [3.8, 4) is 12.1 Å². The Hall–Kier alpha value is -3.11. The highest BCUT2D eigenvalue weighted by Gasteiger charge is 2.84. The van der Waals surface area contributed by atoms with Gasteiger partial charge in [-0.05, 0) is 18.1 Å². The lowest BCUT2D eigenvalue weighted by molar-refractivity contribution is -0.148. The van der Waals surface area contributed by atoms with Crippen LogP contribution in [-0.4, -0.2) is 12.6 Å². The van der Waals surface area contributed by atoms with Gasteiger partial charge in [-0.15, -0.1) is 0 Å². The zero-order chi connectivity index (χ0) is 17.2. The molecule has 24 heavy (non-hydrogen) atoms. The number of nitrogens with zero attached hydrogens (tertiary/aromatic N) is 2. The van der Waals surface area contributed by atoms with Crippen LogP contribution in [0.3, 0.4) is 0 Å². The van der Waals surface area contributed by atoms with Gasteiger partial charge in [0.15, 0.2) is 5.41 Å². The molecular weight excluding hydrogens is 300 g/mol. The first kappa shape index (κ1) is 15.8. The number of benzene rings is 2. The van der Waals surface area contributed by atoms with Gasteiger partial charge in [-0.2, -0.15) is 10.5 Å². The molecule has 118 valence electrons. The van der Waals surface area contributed by atoms with E-state index in [9.17, 15) is 15.3 Å². The van der Waals surface area contributed by atoms with Crippen molar-refractivity contribution in [3.05, 3.63) is 71.8 Å². The first-order valence-electron chi connectivity index (χ1n) is 7.79. The largest absolute Gasteiger partial charge is 0.465 e. The van der Waals surface area contributed by atoms with Gasteiger partial charge >= 0.3 is 5.97 Å². The van der Waals surface area contributed by atoms with Crippen LogP contribution in [0.4, 0.5) is 0 Å². The molecule has 0 spiro atoms. The minimum Gasteiger partial charge on any atom is -0.465 e. The molecule has 1 saturated carbocycles. The highest BCUT2D eigenvalue weighted by atomic mass is 16.5. The molecule has 0 heterocycles. The predicted molar refractivity (Wildman–Crippen MR) is 87.6 cm³/mol. The van der Waals surface area contributed by atoms with Crippen molar-refractivity contribution in [2.45, 2.75) is 18.3 Å². The topological polar surface area (TPSA) is 73.9 Å². The first-order valence-corrected chi connectivity index (χ1v) is 7.79. The number of hydrogen-bond donors (Lipinski definition) is 0. The minimum atomic E-state index is -1.53. The van der Waals surface area contributed by atoms with Crippen LogP contribution in [-0.2, 0) is 14.9 Å². The molecule has 0 aliphatic heterocycles. The summed E-state index contributed by atoms with van der Waals surface area (Å²) in [5, 5.41) is 19.9. The molecule has 0 bridgehead atoms. The van der Waals surface area contributed by atoms with Crippen molar-refractivity contribution >= 4 is 5.97 Å². The van der Waals surface area contributed by atoms with E-state index >= 15 is 0 Å². The summed E-state index contributed by atoms with van der Waals surface area (Å²) in [5.41, 5.74) is -1.31. The lowest BCUT2D eigenvalue weighted by Gasteiger charge is -2.13. The molecule has 0 aromatic heterocycles. The second-order valence-electron chi connectivity index (χ2n) is 5.77. The highest BCUT2D eigenvalue weighted by molar-refractivity contribution is 5.93. The van der Waals surface area contributed by atoms with E-state index in [1.54, 1.807) is 19.1 Å². The van der Waals surface area contributed by atoms with Gasteiger partial charge < -0.3 is 4.74 Å². The van der Waals surface area contributed by atoms with Crippen molar-refractivity contribution in [2.75, 3.05) is 6.61 Å². The number of carbonyl (C=O) groups is 1. The third-order valence-electron chi connectivity index (χ3n) is 4.72. The molecule has 0 radical (unpaired) electrons. The summed E-state index contributed by atoms with van der Waals surface area (Å²) in [6, 6.07) is 22.7. The van der Waals surface area contributed by atoms with Crippen molar-refractivity contribution < 1.29 is 9.53 Å². The maximum Gasteiger partial charge on any atom is 0.329 e. The van der Waals surface area contributed by atoms with Gasteiger partial charge in [0, 0.05) is 5.92 Å². The summed E-state index contributed by atoms with van der Waals surface area (Å²) >= 11 is 0. The molecule has 3 rings (SSSR count). The Labute approximate surface area is 140 Å². The third-order valence-corrected chi connectivity index (χ3v) is 4.72. The number of esters is 1. The molecule has 4 nitrogen and oxygen atoms in total. The van der Waals surface area contributed by atoms with E-state index < -0.39 is 22.7 Å². The average molecular weight is 316 g/mol. The molecule has 0 amide bonds. The Morgan fingerprint density at radius 1 is 1.04 bits per heavy atom. The Bertz CT molecular complexity index is 835. The first-order chi connectivity index (χ1) is 11.7. The summed E-state index contributed by atoms with van der Waals surface area (Å²) in [5.74, 6) is -1.19. The van der Waals surface area contributed by atoms with Crippen LogP contribution < -0.4 is 0 Å². The minimum absolute atomic E-state index is 0.167. The standard InChI is InChI=1S/C20H16N2O2/c1-2-24-18(23)20(14-22)17(15-9-5-3-6-10-15)19(20,13-21)16-11-7-4-8-12-16/h3-12,17H,2H2,1H3/t17-,19-,20-/m1/s1. The summed E-state index contributed by atoms with van der Waals surface area (Å²) in [6.45, 7) is 1.86. The van der Waals surface area contributed by atoms with Gasteiger partial charge in [-0.3, -0.25) is 4.79 Å². The van der Waals surface area contributed by atoms with E-state index in [-0.39, 0.29) is 6.61 Å². The van der Waals surface area contributed by atoms with Crippen LogP contribution in [0, 0.1) is 28.1 Å². The Balaban J connectivity index is 2.24. The second kappa shape index (κ2) is 5.83. The molecule has 3 atom stereocenters. The number of ether oxygens (including phenoxy) is 1. The summed E-state index contributed by atoms with van der Waals surface area (Å²) in [4.78, 5) is 12.7. The van der Waals surface area contributed by atoms with Crippen molar-refractivity contribution in [3.63, 3.8) is 0 Å². The maximum atomic E-state index is 12.7. The summed E-state index contributed by atoms with van der Waals surface area (Å²) in [6.07, 6.45) is 0. The van der Waals surface area contributed by atoms with Crippen molar-refractivity contribution in [1.29, 1.82) is 10.5 Å². The van der Waals surface area contributed by atoms with Gasteiger partial charge in [0.1, 0.15) is 5.41 Å². The number of rotatable bonds is 4. The molecule has 1 aliphatic carbocycles. The van der Waals surface area contributed by atoms with Gasteiger partial charge in [0.2, 0.25) is 0 Å². The van der Waals surface area contributed by atoms with E-state index in [1.807, 2.05) is 48.5 Å². The molecule has 2 aromatic carbocycles. The zero-order valence-corrected chi connectivity index (χ0v) is 13.3. The van der Waals surface area contributed by atoms with Crippen LogP contribution in [0.2, 0.25) is 0 Å². The smallest absolute Gasteiger partial charge is 0.329 e. The lowest BCUT2D eigenvalue weighted by Crippen LogP contribution is -2.26. The monoisotopic (exact) mass is 316 g/mol. The summed E-state index contributed by atoms with van der Waals surface area (Å²) in [7, 11) is 0. The zero-order valence-electron chi connectivity index (χ0n) is 13.3. The Morgan fingerprint density at radius 2 is 1.62 bits per heavy atom. The molecule has 0 unspecified atom stereocenters. The fraction of sp³-hybridized carbons (Fsp3) is 0.250. The van der Waals surface area contributed by atoms with E-state index in [1.165, 1.54) is 0 Å². The van der Waals surface area contributed by atoms with E-state index in [0.717, 1.165) is 5.56 Å². The fourth-order valence-electron chi connectivity index (χ4n) is 3.65. The van der Waals surface area contributed by atoms with Crippen LogP contribution in [0.5, 0.6) is 0 Å². The molecule has 0 saturated heterocycles. The van der Waals surface area contributed by atoms with Gasteiger partial charge in [0.25, 0.3) is 0 Å². The maximum absolute atomic E-state index is 12.7. The fourth-order valence-corrected chi connectivity index (χ4v) is 3.65. The molecule has 2 aromatic rings. The van der Waals surface area contributed by atoms with Crippen molar-refractivity contribution in [2.24, 2.45) is 5.41 Å². The van der Waals surface area contributed by atoms with Gasteiger partial charge in [-0.25, -0.2) is 0 Å². The highest BCUT2D eigenvalue weighted by Crippen LogP contribution is 2.74. The normalized spacial score (nSPS) is 27.5. The lowest BCUT2D eigenvalue weighted by atomic mass is 9.87. The van der Waals surface area contributed by atoms with Crippen LogP contribution >= 0.6 is 0 Å². The number of hydrogen-bond acceptors (Lipinski definition) is 4. The summed E-state index contributed by atoms with van der Waals surface area (Å²) < 4.78 is 5.18. The number of carbonyl (C=O) groups excluding carboxylic acids is 1. The van der Waals surface area contributed by atoms with Crippen LogP contribution in [0.1, 0.15) is 24.0 Å². The van der Waals surface area contributed by atoms with E-state index in [0.29, 0.717) is 5.56 Å². The SMILES string of the molecule is CCOC(=O)[C@@]1(C#N)[C@H](c2ccccc2)[C@@]1(C#N)c1ccccc1. The van der Waals surface area contributed by atoms with Crippen LogP contribution in [0.15, 0.2) is 60.7 Å². The molecule has 1 fully saturated rings.